The van der Waals surface area contributed by atoms with Crippen LogP contribution < -0.4 is 0 Å². The Labute approximate surface area is 93.8 Å². The zero-order valence-corrected chi connectivity index (χ0v) is 9.37. The fourth-order valence-electron chi connectivity index (χ4n) is 1.57. The highest BCUT2D eigenvalue weighted by molar-refractivity contribution is 5.69. The van der Waals surface area contributed by atoms with Gasteiger partial charge in [-0.2, -0.15) is 0 Å². The molecular weight excluding hydrogens is 216 g/mol. The Bertz CT molecular complexity index is 229. The molecule has 1 heterocycles. The molecule has 0 spiro atoms. The van der Waals surface area contributed by atoms with Gasteiger partial charge in [0.2, 0.25) is 0 Å². The summed E-state index contributed by atoms with van der Waals surface area (Å²) in [7, 11) is 0. The maximum Gasteiger partial charge on any atom is 0.306 e. The zero-order valence-electron chi connectivity index (χ0n) is 9.37. The lowest BCUT2D eigenvalue weighted by atomic mass is 10.00. The third kappa shape index (κ3) is 2.91. The molecule has 5 atom stereocenters. The number of ether oxygens (including phenoxy) is 2. The fraction of sp³-hybridized carbons (Fsp3) is 0.900. The maximum atomic E-state index is 11.2. The van der Waals surface area contributed by atoms with Crippen LogP contribution in [0.3, 0.4) is 0 Å². The normalized spacial score (nSPS) is 39.4. The maximum absolute atomic E-state index is 11.2. The molecular formula is C10H18O6. The highest BCUT2D eigenvalue weighted by Gasteiger charge is 2.44. The molecule has 6 heteroatoms. The minimum atomic E-state index is -1.45. The van der Waals surface area contributed by atoms with Crippen molar-refractivity contribution in [1.29, 1.82) is 0 Å². The van der Waals surface area contributed by atoms with E-state index in [0.29, 0.717) is 6.42 Å². The van der Waals surface area contributed by atoms with Gasteiger partial charge in [-0.3, -0.25) is 4.79 Å². The first-order valence-electron chi connectivity index (χ1n) is 5.36. The van der Waals surface area contributed by atoms with E-state index in [1.54, 1.807) is 0 Å². The molecule has 0 radical (unpaired) electrons. The van der Waals surface area contributed by atoms with E-state index in [2.05, 4.69) is 0 Å². The molecule has 1 aliphatic rings. The summed E-state index contributed by atoms with van der Waals surface area (Å²) in [4.78, 5) is 11.2. The van der Waals surface area contributed by atoms with Crippen LogP contribution >= 0.6 is 0 Å². The van der Waals surface area contributed by atoms with Crippen LogP contribution in [0, 0.1) is 0 Å². The predicted molar refractivity (Wildman–Crippen MR) is 53.4 cm³/mol. The molecule has 0 aromatic heterocycles. The van der Waals surface area contributed by atoms with Crippen LogP contribution in [0.4, 0.5) is 0 Å². The van der Waals surface area contributed by atoms with Crippen molar-refractivity contribution in [3.63, 3.8) is 0 Å². The van der Waals surface area contributed by atoms with Crippen molar-refractivity contribution in [3.05, 3.63) is 0 Å². The molecule has 6 nitrogen and oxygen atoms in total. The predicted octanol–water partition coefficient (Wildman–Crippen LogP) is -0.843. The van der Waals surface area contributed by atoms with Crippen LogP contribution in [0.5, 0.6) is 0 Å². The van der Waals surface area contributed by atoms with Gasteiger partial charge in [0.15, 0.2) is 12.4 Å². The molecule has 94 valence electrons. The largest absolute Gasteiger partial charge is 0.456 e. The average Bonchev–Trinajstić information content (AvgIpc) is 2.22. The van der Waals surface area contributed by atoms with E-state index in [9.17, 15) is 20.1 Å². The molecule has 1 rings (SSSR count). The monoisotopic (exact) mass is 234 g/mol. The molecule has 1 aliphatic heterocycles. The van der Waals surface area contributed by atoms with E-state index >= 15 is 0 Å². The van der Waals surface area contributed by atoms with Crippen LogP contribution in [-0.2, 0) is 14.3 Å². The summed E-state index contributed by atoms with van der Waals surface area (Å²) in [6, 6.07) is 0. The summed E-state index contributed by atoms with van der Waals surface area (Å²) < 4.78 is 9.76. The van der Waals surface area contributed by atoms with Crippen molar-refractivity contribution in [2.75, 3.05) is 0 Å². The molecule has 1 fully saturated rings. The Hall–Kier alpha value is -0.690. The number of carbonyl (C=O) groups excluding carboxylic acids is 1. The number of hydrogen-bond acceptors (Lipinski definition) is 6. The molecule has 0 amide bonds. The van der Waals surface area contributed by atoms with E-state index in [4.69, 9.17) is 9.47 Å². The van der Waals surface area contributed by atoms with E-state index in [-0.39, 0.29) is 6.42 Å². The zero-order chi connectivity index (χ0) is 12.3. The van der Waals surface area contributed by atoms with Gasteiger partial charge in [-0.25, -0.2) is 0 Å². The van der Waals surface area contributed by atoms with E-state index in [1.165, 1.54) is 6.92 Å². The highest BCUT2D eigenvalue weighted by Crippen LogP contribution is 2.22. The smallest absolute Gasteiger partial charge is 0.306 e. The number of carbonyl (C=O) groups is 1. The molecule has 1 saturated heterocycles. The van der Waals surface area contributed by atoms with Crippen LogP contribution in [0.1, 0.15) is 26.7 Å². The topological polar surface area (TPSA) is 96.2 Å². The average molecular weight is 234 g/mol. The molecule has 0 aromatic rings. The third-order valence-electron chi connectivity index (χ3n) is 2.52. The number of esters is 1. The summed E-state index contributed by atoms with van der Waals surface area (Å²) in [5.74, 6) is -0.507. The van der Waals surface area contributed by atoms with Crippen LogP contribution in [0.25, 0.3) is 0 Å². The first-order chi connectivity index (χ1) is 7.47. The third-order valence-corrected chi connectivity index (χ3v) is 2.52. The quantitative estimate of drug-likeness (QED) is 0.551. The first-order valence-corrected chi connectivity index (χ1v) is 5.36. The van der Waals surface area contributed by atoms with E-state index < -0.39 is 36.7 Å². The van der Waals surface area contributed by atoms with Gasteiger partial charge in [-0.15, -0.1) is 0 Å². The number of rotatable bonds is 3. The van der Waals surface area contributed by atoms with Gasteiger partial charge in [-0.1, -0.05) is 6.92 Å². The molecule has 0 unspecified atom stereocenters. The van der Waals surface area contributed by atoms with Gasteiger partial charge >= 0.3 is 5.97 Å². The minimum absolute atomic E-state index is 0.210. The van der Waals surface area contributed by atoms with Crippen molar-refractivity contribution in [1.82, 2.24) is 0 Å². The summed E-state index contributed by atoms with van der Waals surface area (Å²) in [6.07, 6.45) is -5.02. The minimum Gasteiger partial charge on any atom is -0.456 e. The Morgan fingerprint density at radius 3 is 2.50 bits per heavy atom. The van der Waals surface area contributed by atoms with Crippen molar-refractivity contribution < 1.29 is 29.6 Å². The van der Waals surface area contributed by atoms with Crippen molar-refractivity contribution in [2.24, 2.45) is 0 Å². The van der Waals surface area contributed by atoms with Gasteiger partial charge in [-0.05, 0) is 13.3 Å². The summed E-state index contributed by atoms with van der Waals surface area (Å²) in [5, 5.41) is 28.5. The SMILES string of the molecule is CCCC(=O)O[C@H]1[C@H](O)[C@@H](C)O[C@H](O)[C@H]1O. The van der Waals surface area contributed by atoms with Gasteiger partial charge in [0.25, 0.3) is 0 Å². The van der Waals surface area contributed by atoms with E-state index in [0.717, 1.165) is 0 Å². The number of aliphatic hydroxyl groups excluding tert-OH is 3. The van der Waals surface area contributed by atoms with Gasteiger partial charge in [0, 0.05) is 6.42 Å². The molecule has 0 bridgehead atoms. The van der Waals surface area contributed by atoms with Gasteiger partial charge < -0.3 is 24.8 Å². The molecule has 0 saturated carbocycles. The molecule has 3 N–H and O–H groups in total. The highest BCUT2D eigenvalue weighted by atomic mass is 16.6. The Morgan fingerprint density at radius 1 is 1.31 bits per heavy atom. The molecule has 0 aromatic carbocycles. The lowest BCUT2D eigenvalue weighted by Gasteiger charge is -2.38. The fourth-order valence-corrected chi connectivity index (χ4v) is 1.57. The van der Waals surface area contributed by atoms with Crippen LogP contribution in [0.2, 0.25) is 0 Å². The second-order valence-corrected chi connectivity index (χ2v) is 3.92. The summed E-state index contributed by atoms with van der Waals surface area (Å²) in [6.45, 7) is 3.34. The number of aliphatic hydroxyl groups is 3. The Kier molecular flexibility index (Phi) is 4.67. The molecule has 16 heavy (non-hydrogen) atoms. The Morgan fingerprint density at radius 2 is 1.94 bits per heavy atom. The summed E-state index contributed by atoms with van der Waals surface area (Å²) >= 11 is 0. The van der Waals surface area contributed by atoms with Gasteiger partial charge in [0.1, 0.15) is 12.2 Å². The Balaban J connectivity index is 2.63. The van der Waals surface area contributed by atoms with E-state index in [1.807, 2.05) is 6.92 Å². The van der Waals surface area contributed by atoms with Gasteiger partial charge in [0.05, 0.1) is 6.10 Å². The van der Waals surface area contributed by atoms with Crippen molar-refractivity contribution in [2.45, 2.75) is 57.4 Å². The molecule has 0 aliphatic carbocycles. The second kappa shape index (κ2) is 5.58. The first kappa shape index (κ1) is 13.4. The van der Waals surface area contributed by atoms with Crippen molar-refractivity contribution in [3.8, 4) is 0 Å². The lowest BCUT2D eigenvalue weighted by molar-refractivity contribution is -0.281. The lowest BCUT2D eigenvalue weighted by Crippen LogP contribution is -2.58. The van der Waals surface area contributed by atoms with Crippen LogP contribution in [0.15, 0.2) is 0 Å². The number of hydrogen-bond donors (Lipinski definition) is 3. The van der Waals surface area contributed by atoms with Crippen molar-refractivity contribution >= 4 is 5.97 Å². The summed E-state index contributed by atoms with van der Waals surface area (Å²) in [5.41, 5.74) is 0. The standard InChI is InChI=1S/C10H18O6/c1-3-4-6(11)16-9-7(12)5(2)15-10(14)8(9)13/h5,7-10,12-14H,3-4H2,1-2H3/t5-,7-,8+,9+,10+/m1/s1. The van der Waals surface area contributed by atoms with Crippen LogP contribution in [-0.4, -0.2) is 52.0 Å². The second-order valence-electron chi connectivity index (χ2n) is 3.92.